The number of carbonyl (C=O) groups is 3. The van der Waals surface area contributed by atoms with Crippen LogP contribution in [0.1, 0.15) is 32.8 Å². The van der Waals surface area contributed by atoms with E-state index in [1.807, 2.05) is 0 Å². The Hall–Kier alpha value is -2.44. The van der Waals surface area contributed by atoms with Crippen molar-refractivity contribution in [3.63, 3.8) is 0 Å². The lowest BCUT2D eigenvalue weighted by atomic mass is 9.87. The molecular weight excluding hydrogens is 301 g/mol. The minimum atomic E-state index is -1.26. The number of hydrogen-bond acceptors (Lipinski definition) is 3. The highest BCUT2D eigenvalue weighted by Gasteiger charge is 2.51. The van der Waals surface area contributed by atoms with E-state index in [1.165, 1.54) is 24.3 Å². The summed E-state index contributed by atoms with van der Waals surface area (Å²) >= 11 is 0. The Kier molecular flexibility index (Phi) is 4.68. The van der Waals surface area contributed by atoms with E-state index in [-0.39, 0.29) is 12.6 Å². The van der Waals surface area contributed by atoms with E-state index in [9.17, 15) is 18.8 Å². The summed E-state index contributed by atoms with van der Waals surface area (Å²) in [5, 5.41) is 5.29. The maximum absolute atomic E-state index is 13.1. The zero-order valence-corrected chi connectivity index (χ0v) is 13.4. The smallest absolute Gasteiger partial charge is 0.325 e. The highest BCUT2D eigenvalue weighted by atomic mass is 19.1. The van der Waals surface area contributed by atoms with Crippen molar-refractivity contribution in [2.45, 2.75) is 38.8 Å². The first-order valence-corrected chi connectivity index (χ1v) is 7.49. The lowest BCUT2D eigenvalue weighted by molar-refractivity contribution is -0.135. The molecule has 1 aliphatic rings. The second-order valence-electron chi connectivity index (χ2n) is 5.81. The average Bonchev–Trinajstić information content (AvgIpc) is 2.72. The third-order valence-corrected chi connectivity index (χ3v) is 3.79. The van der Waals surface area contributed by atoms with Gasteiger partial charge in [-0.1, -0.05) is 19.1 Å². The molecule has 6 nitrogen and oxygen atoms in total. The van der Waals surface area contributed by atoms with Crippen molar-refractivity contribution >= 4 is 17.8 Å². The van der Waals surface area contributed by atoms with Crippen LogP contribution in [-0.4, -0.2) is 35.3 Å². The fourth-order valence-corrected chi connectivity index (χ4v) is 2.65. The number of urea groups is 1. The highest BCUT2D eigenvalue weighted by Crippen LogP contribution is 2.32. The first kappa shape index (κ1) is 16.9. The lowest BCUT2D eigenvalue weighted by Crippen LogP contribution is -2.45. The van der Waals surface area contributed by atoms with Gasteiger partial charge in [-0.2, -0.15) is 0 Å². The molecule has 2 N–H and O–H groups in total. The molecule has 1 aliphatic heterocycles. The first-order chi connectivity index (χ1) is 10.8. The van der Waals surface area contributed by atoms with Crippen LogP contribution >= 0.6 is 0 Å². The number of carbonyl (C=O) groups excluding carboxylic acids is 3. The molecule has 1 heterocycles. The van der Waals surface area contributed by atoms with Crippen molar-refractivity contribution in [3.8, 4) is 0 Å². The second kappa shape index (κ2) is 6.36. The molecule has 0 saturated carbocycles. The summed E-state index contributed by atoms with van der Waals surface area (Å²) in [5.74, 6) is -1.34. The van der Waals surface area contributed by atoms with Gasteiger partial charge in [0, 0.05) is 6.04 Å². The van der Waals surface area contributed by atoms with E-state index < -0.39 is 29.2 Å². The van der Waals surface area contributed by atoms with E-state index in [0.717, 1.165) is 4.90 Å². The summed E-state index contributed by atoms with van der Waals surface area (Å²) in [6.07, 6.45) is 0.297. The number of nitrogens with zero attached hydrogens (tertiary/aromatic N) is 1. The number of benzene rings is 1. The molecule has 2 rings (SSSR count). The van der Waals surface area contributed by atoms with Gasteiger partial charge in [-0.05, 0) is 38.0 Å². The zero-order valence-electron chi connectivity index (χ0n) is 13.4. The highest BCUT2D eigenvalue weighted by molar-refractivity contribution is 6.09. The molecule has 4 amide bonds. The molecular formula is C16H20FN3O3. The van der Waals surface area contributed by atoms with Crippen LogP contribution in [-0.2, 0) is 15.1 Å². The number of halogens is 1. The Morgan fingerprint density at radius 2 is 1.91 bits per heavy atom. The van der Waals surface area contributed by atoms with Gasteiger partial charge in [0.2, 0.25) is 5.91 Å². The zero-order chi connectivity index (χ0) is 17.2. The summed E-state index contributed by atoms with van der Waals surface area (Å²) in [5.41, 5.74) is -0.769. The van der Waals surface area contributed by atoms with Gasteiger partial charge >= 0.3 is 6.03 Å². The molecule has 0 radical (unpaired) electrons. The molecule has 23 heavy (non-hydrogen) atoms. The van der Waals surface area contributed by atoms with Gasteiger partial charge in [0.25, 0.3) is 5.91 Å². The van der Waals surface area contributed by atoms with Crippen molar-refractivity contribution in [2.75, 3.05) is 6.54 Å². The third-order valence-electron chi connectivity index (χ3n) is 3.79. The molecule has 7 heteroatoms. The molecule has 0 bridgehead atoms. The van der Waals surface area contributed by atoms with Gasteiger partial charge in [0.05, 0.1) is 0 Å². The summed E-state index contributed by atoms with van der Waals surface area (Å²) in [4.78, 5) is 37.6. The molecule has 1 atom stereocenters. The fourth-order valence-electron chi connectivity index (χ4n) is 2.65. The predicted octanol–water partition coefficient (Wildman–Crippen LogP) is 1.51. The third kappa shape index (κ3) is 3.18. The van der Waals surface area contributed by atoms with Crippen LogP contribution in [0, 0.1) is 5.82 Å². The monoisotopic (exact) mass is 321 g/mol. The number of rotatable bonds is 5. The molecule has 124 valence electrons. The maximum atomic E-state index is 13.1. The number of amides is 4. The Balaban J connectivity index is 2.27. The van der Waals surface area contributed by atoms with Crippen LogP contribution in [0.25, 0.3) is 0 Å². The van der Waals surface area contributed by atoms with Gasteiger partial charge in [-0.25, -0.2) is 9.18 Å². The SMILES string of the molecule is CC[C@@]1(c2ccc(F)cc2)NC(=O)N(CC(=O)NC(C)C)C1=O. The van der Waals surface area contributed by atoms with E-state index in [1.54, 1.807) is 20.8 Å². The van der Waals surface area contributed by atoms with Crippen LogP contribution in [0.15, 0.2) is 24.3 Å². The van der Waals surface area contributed by atoms with Crippen molar-refractivity contribution in [1.29, 1.82) is 0 Å². The summed E-state index contributed by atoms with van der Waals surface area (Å²) in [7, 11) is 0. The van der Waals surface area contributed by atoms with Crippen molar-refractivity contribution in [3.05, 3.63) is 35.6 Å². The number of hydrogen-bond donors (Lipinski definition) is 2. The van der Waals surface area contributed by atoms with E-state index >= 15 is 0 Å². The molecule has 1 aromatic carbocycles. The van der Waals surface area contributed by atoms with E-state index in [0.29, 0.717) is 12.0 Å². The Morgan fingerprint density at radius 3 is 2.43 bits per heavy atom. The van der Waals surface area contributed by atoms with Gasteiger partial charge in [0.1, 0.15) is 17.9 Å². The van der Waals surface area contributed by atoms with Crippen LogP contribution in [0.5, 0.6) is 0 Å². The van der Waals surface area contributed by atoms with Gasteiger partial charge in [-0.3, -0.25) is 14.5 Å². The lowest BCUT2D eigenvalue weighted by Gasteiger charge is -2.25. The minimum Gasteiger partial charge on any atom is -0.352 e. The maximum Gasteiger partial charge on any atom is 0.325 e. The van der Waals surface area contributed by atoms with Crippen molar-refractivity contribution < 1.29 is 18.8 Å². The van der Waals surface area contributed by atoms with Crippen LogP contribution in [0.3, 0.4) is 0 Å². The van der Waals surface area contributed by atoms with Crippen LogP contribution in [0.4, 0.5) is 9.18 Å². The fraction of sp³-hybridized carbons (Fsp3) is 0.438. The quantitative estimate of drug-likeness (QED) is 0.807. The number of nitrogens with one attached hydrogen (secondary N) is 2. The first-order valence-electron chi connectivity index (χ1n) is 7.49. The van der Waals surface area contributed by atoms with E-state index in [4.69, 9.17) is 0 Å². The summed E-state index contributed by atoms with van der Waals surface area (Å²) in [6, 6.07) is 4.70. The Morgan fingerprint density at radius 1 is 1.30 bits per heavy atom. The molecule has 0 spiro atoms. The van der Waals surface area contributed by atoms with Crippen LogP contribution < -0.4 is 10.6 Å². The molecule has 1 aromatic rings. The molecule has 1 fully saturated rings. The summed E-state index contributed by atoms with van der Waals surface area (Å²) in [6.45, 7) is 4.99. The van der Waals surface area contributed by atoms with Crippen LogP contribution in [0.2, 0.25) is 0 Å². The molecule has 0 aromatic heterocycles. The van der Waals surface area contributed by atoms with Crippen molar-refractivity contribution in [1.82, 2.24) is 15.5 Å². The normalized spacial score (nSPS) is 20.8. The predicted molar refractivity (Wildman–Crippen MR) is 81.9 cm³/mol. The molecule has 0 aliphatic carbocycles. The van der Waals surface area contributed by atoms with Gasteiger partial charge in [-0.15, -0.1) is 0 Å². The Bertz CT molecular complexity index is 630. The molecule has 0 unspecified atom stereocenters. The topological polar surface area (TPSA) is 78.5 Å². The summed E-state index contributed by atoms with van der Waals surface area (Å²) < 4.78 is 13.1. The Labute approximate surface area is 134 Å². The molecule has 1 saturated heterocycles. The van der Waals surface area contributed by atoms with Gasteiger partial charge < -0.3 is 10.6 Å². The van der Waals surface area contributed by atoms with Gasteiger partial charge in [0.15, 0.2) is 0 Å². The largest absolute Gasteiger partial charge is 0.352 e. The average molecular weight is 321 g/mol. The van der Waals surface area contributed by atoms with Crippen molar-refractivity contribution in [2.24, 2.45) is 0 Å². The van der Waals surface area contributed by atoms with E-state index in [2.05, 4.69) is 10.6 Å². The second-order valence-corrected chi connectivity index (χ2v) is 5.81. The minimum absolute atomic E-state index is 0.0868. The standard InChI is InChI=1S/C16H20FN3O3/c1-4-16(11-5-7-12(17)8-6-11)14(22)20(15(23)19-16)9-13(21)18-10(2)3/h5-8,10H,4,9H2,1-3H3,(H,18,21)(H,19,23)/t16-/m0/s1. The number of imide groups is 1.